The molecular formula is C17H20BrNO4. The fourth-order valence-electron chi connectivity index (χ4n) is 2.28. The Kier molecular flexibility index (Phi) is 6.10. The molecule has 0 spiro atoms. The number of aryl methyl sites for hydroxylation is 2. The fourth-order valence-corrected chi connectivity index (χ4v) is 2.78. The summed E-state index contributed by atoms with van der Waals surface area (Å²) >= 11 is 3.22. The highest BCUT2D eigenvalue weighted by atomic mass is 79.9. The van der Waals surface area contributed by atoms with Crippen molar-refractivity contribution >= 4 is 21.8 Å². The Morgan fingerprint density at radius 2 is 1.96 bits per heavy atom. The molecule has 2 rings (SSSR count). The Morgan fingerprint density at radius 3 is 2.57 bits per heavy atom. The van der Waals surface area contributed by atoms with Crippen molar-refractivity contribution < 1.29 is 18.7 Å². The van der Waals surface area contributed by atoms with Crippen LogP contribution in [0.5, 0.6) is 11.5 Å². The van der Waals surface area contributed by atoms with Crippen LogP contribution in [0.4, 0.5) is 0 Å². The maximum Gasteiger partial charge on any atom is 0.287 e. The van der Waals surface area contributed by atoms with E-state index in [-0.39, 0.29) is 5.91 Å². The van der Waals surface area contributed by atoms with E-state index in [1.165, 1.54) is 0 Å². The van der Waals surface area contributed by atoms with Crippen LogP contribution in [0.2, 0.25) is 0 Å². The molecule has 0 saturated heterocycles. The van der Waals surface area contributed by atoms with E-state index in [9.17, 15) is 4.79 Å². The third-order valence-electron chi connectivity index (χ3n) is 3.47. The summed E-state index contributed by atoms with van der Waals surface area (Å²) in [4.78, 5) is 12.0. The van der Waals surface area contributed by atoms with Gasteiger partial charge >= 0.3 is 0 Å². The number of hydrogen-bond donors (Lipinski definition) is 1. The van der Waals surface area contributed by atoms with Gasteiger partial charge in [0.15, 0.2) is 21.9 Å². The van der Waals surface area contributed by atoms with Crippen molar-refractivity contribution in [3.63, 3.8) is 0 Å². The zero-order chi connectivity index (χ0) is 16.8. The third kappa shape index (κ3) is 4.51. The van der Waals surface area contributed by atoms with Crippen LogP contribution in [0.25, 0.3) is 0 Å². The van der Waals surface area contributed by atoms with Crippen LogP contribution in [0.1, 0.15) is 28.1 Å². The molecule has 0 radical (unpaired) electrons. The first-order valence-corrected chi connectivity index (χ1v) is 8.09. The number of rotatable bonds is 7. The molecule has 0 bridgehead atoms. The summed E-state index contributed by atoms with van der Waals surface area (Å²) in [5.41, 5.74) is 1.95. The lowest BCUT2D eigenvalue weighted by atomic mass is 10.1. The smallest absolute Gasteiger partial charge is 0.287 e. The second kappa shape index (κ2) is 8.06. The Hall–Kier alpha value is -1.95. The van der Waals surface area contributed by atoms with Crippen molar-refractivity contribution in [2.45, 2.75) is 19.8 Å². The summed E-state index contributed by atoms with van der Waals surface area (Å²) in [7, 11) is 3.23. The first-order chi connectivity index (χ1) is 11.0. The van der Waals surface area contributed by atoms with Gasteiger partial charge in [-0.1, -0.05) is 6.07 Å². The molecule has 0 aliphatic rings. The third-order valence-corrected chi connectivity index (χ3v) is 3.86. The molecule has 0 aliphatic heterocycles. The molecule has 6 heteroatoms. The second-order valence-corrected chi connectivity index (χ2v) is 5.89. The summed E-state index contributed by atoms with van der Waals surface area (Å²) in [6.07, 6.45) is 1.66. The number of halogens is 1. The van der Waals surface area contributed by atoms with E-state index in [0.717, 1.165) is 24.0 Å². The van der Waals surface area contributed by atoms with Gasteiger partial charge in [-0.15, -0.1) is 0 Å². The van der Waals surface area contributed by atoms with E-state index in [2.05, 4.69) is 21.2 Å². The molecule has 0 fully saturated rings. The number of hydrogen-bond acceptors (Lipinski definition) is 4. The van der Waals surface area contributed by atoms with E-state index in [1.807, 2.05) is 25.1 Å². The molecule has 124 valence electrons. The van der Waals surface area contributed by atoms with Crippen molar-refractivity contribution in [3.8, 4) is 11.5 Å². The zero-order valence-corrected chi connectivity index (χ0v) is 15.0. The van der Waals surface area contributed by atoms with Crippen molar-refractivity contribution in [2.24, 2.45) is 0 Å². The Balaban J connectivity index is 1.83. The highest BCUT2D eigenvalue weighted by Crippen LogP contribution is 2.27. The van der Waals surface area contributed by atoms with Crippen molar-refractivity contribution in [3.05, 3.63) is 45.8 Å². The largest absolute Gasteiger partial charge is 0.493 e. The molecule has 0 atom stereocenters. The first kappa shape index (κ1) is 17.4. The molecule has 1 aromatic carbocycles. The number of amides is 1. The predicted molar refractivity (Wildman–Crippen MR) is 91.3 cm³/mol. The van der Waals surface area contributed by atoms with Crippen LogP contribution in [-0.4, -0.2) is 26.7 Å². The normalized spacial score (nSPS) is 10.4. The van der Waals surface area contributed by atoms with Gasteiger partial charge in [-0.3, -0.25) is 4.79 Å². The summed E-state index contributed by atoms with van der Waals surface area (Å²) in [6, 6.07) is 7.61. The zero-order valence-electron chi connectivity index (χ0n) is 13.4. The lowest BCUT2D eigenvalue weighted by Gasteiger charge is -2.09. The van der Waals surface area contributed by atoms with Crippen LogP contribution in [0, 0.1) is 6.92 Å². The van der Waals surface area contributed by atoms with E-state index >= 15 is 0 Å². The number of benzene rings is 1. The minimum Gasteiger partial charge on any atom is -0.493 e. The van der Waals surface area contributed by atoms with Gasteiger partial charge in [0.1, 0.15) is 0 Å². The predicted octanol–water partition coefficient (Wildman–Crippen LogP) is 3.73. The second-order valence-electron chi connectivity index (χ2n) is 5.11. The summed E-state index contributed by atoms with van der Waals surface area (Å²) in [5, 5.41) is 2.87. The number of methoxy groups -OCH3 is 2. The van der Waals surface area contributed by atoms with E-state index in [1.54, 1.807) is 20.3 Å². The van der Waals surface area contributed by atoms with Gasteiger partial charge in [0, 0.05) is 12.1 Å². The Bertz CT molecular complexity index is 681. The molecule has 1 N–H and O–H groups in total. The van der Waals surface area contributed by atoms with Gasteiger partial charge in [-0.25, -0.2) is 0 Å². The van der Waals surface area contributed by atoms with Gasteiger partial charge in [-0.05, 0) is 59.5 Å². The van der Waals surface area contributed by atoms with Crippen LogP contribution in [0.15, 0.2) is 33.4 Å². The van der Waals surface area contributed by atoms with E-state index in [0.29, 0.717) is 28.5 Å². The summed E-state index contributed by atoms with van der Waals surface area (Å²) in [6.45, 7) is 2.41. The van der Waals surface area contributed by atoms with Crippen LogP contribution >= 0.6 is 15.9 Å². The Labute approximate surface area is 144 Å². The lowest BCUT2D eigenvalue weighted by molar-refractivity contribution is 0.0923. The number of nitrogens with one attached hydrogen (secondary N) is 1. The van der Waals surface area contributed by atoms with Crippen LogP contribution in [-0.2, 0) is 6.42 Å². The van der Waals surface area contributed by atoms with Gasteiger partial charge in [0.25, 0.3) is 5.91 Å². The van der Waals surface area contributed by atoms with Gasteiger partial charge < -0.3 is 19.2 Å². The highest BCUT2D eigenvalue weighted by Gasteiger charge is 2.14. The van der Waals surface area contributed by atoms with Crippen molar-refractivity contribution in [1.29, 1.82) is 0 Å². The average molecular weight is 382 g/mol. The highest BCUT2D eigenvalue weighted by molar-refractivity contribution is 9.10. The molecule has 0 aliphatic carbocycles. The number of furan rings is 1. The SMILES string of the molecule is COc1ccc(CCCNC(=O)c2oc(Br)cc2C)cc1OC. The average Bonchev–Trinajstić information content (AvgIpc) is 2.89. The van der Waals surface area contributed by atoms with Crippen molar-refractivity contribution in [1.82, 2.24) is 5.32 Å². The molecule has 2 aromatic rings. The molecule has 1 heterocycles. The summed E-state index contributed by atoms with van der Waals surface area (Å²) < 4.78 is 16.4. The molecule has 1 aromatic heterocycles. The van der Waals surface area contributed by atoms with Crippen LogP contribution < -0.4 is 14.8 Å². The topological polar surface area (TPSA) is 60.7 Å². The minimum atomic E-state index is -0.194. The molecule has 0 unspecified atom stereocenters. The van der Waals surface area contributed by atoms with Gasteiger partial charge in [-0.2, -0.15) is 0 Å². The monoisotopic (exact) mass is 381 g/mol. The molecule has 0 saturated carbocycles. The fraction of sp³-hybridized carbons (Fsp3) is 0.353. The quantitative estimate of drug-likeness (QED) is 0.742. The van der Waals surface area contributed by atoms with Gasteiger partial charge in [0.05, 0.1) is 14.2 Å². The van der Waals surface area contributed by atoms with Crippen molar-refractivity contribution in [2.75, 3.05) is 20.8 Å². The molecule has 5 nitrogen and oxygen atoms in total. The number of ether oxygens (including phenoxy) is 2. The maximum absolute atomic E-state index is 12.0. The van der Waals surface area contributed by atoms with Gasteiger partial charge in [0.2, 0.25) is 0 Å². The number of carbonyl (C=O) groups is 1. The summed E-state index contributed by atoms with van der Waals surface area (Å²) in [5.74, 6) is 1.58. The van der Waals surface area contributed by atoms with Crippen LogP contribution in [0.3, 0.4) is 0 Å². The van der Waals surface area contributed by atoms with E-state index < -0.39 is 0 Å². The first-order valence-electron chi connectivity index (χ1n) is 7.30. The molecule has 23 heavy (non-hydrogen) atoms. The maximum atomic E-state index is 12.0. The standard InChI is InChI=1S/C17H20BrNO4/c1-11-9-15(18)23-16(11)17(20)19-8-4-5-12-6-7-13(21-2)14(10-12)22-3/h6-7,9-10H,4-5,8H2,1-3H3,(H,19,20). The minimum absolute atomic E-state index is 0.194. The molecular weight excluding hydrogens is 362 g/mol. The van der Waals surface area contributed by atoms with E-state index in [4.69, 9.17) is 13.9 Å². The lowest BCUT2D eigenvalue weighted by Crippen LogP contribution is -2.24. The Morgan fingerprint density at radius 1 is 1.22 bits per heavy atom. The number of carbonyl (C=O) groups excluding carboxylic acids is 1. The molecule has 1 amide bonds.